The fourth-order valence-corrected chi connectivity index (χ4v) is 1.23. The van der Waals surface area contributed by atoms with Crippen LogP contribution >= 0.6 is 0 Å². The summed E-state index contributed by atoms with van der Waals surface area (Å²) in [7, 11) is 0. The summed E-state index contributed by atoms with van der Waals surface area (Å²) in [6.07, 6.45) is 0.419. The zero-order valence-corrected chi connectivity index (χ0v) is 5.85. The SMILES string of the molecule is [NH]c1ccc2c(c1)CC(=O)N2. The molecule has 1 radical (unpaired) electrons. The molecule has 3 nitrogen and oxygen atoms in total. The van der Waals surface area contributed by atoms with Crippen molar-refractivity contribution in [2.75, 3.05) is 5.32 Å². The Kier molecular flexibility index (Phi) is 1.12. The highest BCUT2D eigenvalue weighted by Crippen LogP contribution is 2.24. The molecule has 55 valence electrons. The maximum atomic E-state index is 10.8. The van der Waals surface area contributed by atoms with Crippen LogP contribution in [0.2, 0.25) is 0 Å². The lowest BCUT2D eigenvalue weighted by molar-refractivity contribution is -0.115. The third-order valence-corrected chi connectivity index (χ3v) is 1.73. The van der Waals surface area contributed by atoms with Crippen LogP contribution in [0.25, 0.3) is 0 Å². The predicted octanol–water partition coefficient (Wildman–Crippen LogP) is 1.10. The van der Waals surface area contributed by atoms with Crippen LogP contribution in [0, 0.1) is 0 Å². The van der Waals surface area contributed by atoms with Crippen LogP contribution in [-0.2, 0) is 11.2 Å². The highest BCUT2D eigenvalue weighted by molar-refractivity contribution is 5.99. The van der Waals surface area contributed by atoms with Gasteiger partial charge in [-0.3, -0.25) is 4.79 Å². The van der Waals surface area contributed by atoms with Crippen molar-refractivity contribution in [1.29, 1.82) is 0 Å². The summed E-state index contributed by atoms with van der Waals surface area (Å²) in [6.45, 7) is 0. The predicted molar refractivity (Wildman–Crippen MR) is 41.5 cm³/mol. The molecule has 0 atom stereocenters. The van der Waals surface area contributed by atoms with Crippen LogP contribution in [0.1, 0.15) is 5.56 Å². The number of hydrogen-bond donors (Lipinski definition) is 1. The number of anilines is 1. The maximum absolute atomic E-state index is 10.8. The topological polar surface area (TPSA) is 52.9 Å². The lowest BCUT2D eigenvalue weighted by Gasteiger charge is -1.96. The molecule has 0 spiro atoms. The van der Waals surface area contributed by atoms with Gasteiger partial charge >= 0.3 is 0 Å². The van der Waals surface area contributed by atoms with Crippen LogP contribution < -0.4 is 11.1 Å². The van der Waals surface area contributed by atoms with Crippen LogP contribution in [0.3, 0.4) is 0 Å². The van der Waals surface area contributed by atoms with Crippen molar-refractivity contribution < 1.29 is 4.79 Å². The third kappa shape index (κ3) is 0.941. The molecule has 0 saturated carbocycles. The fraction of sp³-hybridized carbons (Fsp3) is 0.125. The monoisotopic (exact) mass is 147 g/mol. The van der Waals surface area contributed by atoms with Gasteiger partial charge in [0.15, 0.2) is 0 Å². The molecule has 1 aromatic rings. The van der Waals surface area contributed by atoms with Gasteiger partial charge in [-0.2, -0.15) is 0 Å². The van der Waals surface area contributed by atoms with Crippen molar-refractivity contribution >= 4 is 17.3 Å². The Labute approximate surface area is 64.2 Å². The van der Waals surface area contributed by atoms with Gasteiger partial charge in [0, 0.05) is 5.69 Å². The van der Waals surface area contributed by atoms with E-state index in [4.69, 9.17) is 5.73 Å². The second kappa shape index (κ2) is 1.99. The van der Waals surface area contributed by atoms with Gasteiger partial charge in [0.25, 0.3) is 0 Å². The molecule has 1 heterocycles. The molecule has 0 saturated heterocycles. The van der Waals surface area contributed by atoms with Crippen molar-refractivity contribution in [3.05, 3.63) is 23.8 Å². The van der Waals surface area contributed by atoms with Crippen molar-refractivity contribution in [1.82, 2.24) is 5.73 Å². The Morgan fingerprint density at radius 1 is 1.45 bits per heavy atom. The molecule has 2 N–H and O–H groups in total. The Morgan fingerprint density at radius 3 is 3.09 bits per heavy atom. The fourth-order valence-electron chi connectivity index (χ4n) is 1.23. The average Bonchev–Trinajstić information content (AvgIpc) is 2.27. The zero-order valence-electron chi connectivity index (χ0n) is 5.85. The lowest BCUT2D eigenvalue weighted by Crippen LogP contribution is -2.03. The molecule has 0 fully saturated rings. The summed E-state index contributed by atoms with van der Waals surface area (Å²) in [5.74, 6) is 0.0191. The lowest BCUT2D eigenvalue weighted by atomic mass is 10.1. The number of benzene rings is 1. The summed E-state index contributed by atoms with van der Waals surface area (Å²) in [6, 6.07) is 5.15. The summed E-state index contributed by atoms with van der Waals surface area (Å²) in [4.78, 5) is 10.8. The van der Waals surface area contributed by atoms with Crippen LogP contribution in [0.4, 0.5) is 11.4 Å². The molecule has 0 aliphatic carbocycles. The second-order valence-corrected chi connectivity index (χ2v) is 2.60. The number of rotatable bonds is 0. The summed E-state index contributed by atoms with van der Waals surface area (Å²) < 4.78 is 0. The summed E-state index contributed by atoms with van der Waals surface area (Å²) in [5, 5.41) is 2.70. The van der Waals surface area contributed by atoms with Gasteiger partial charge in [0.2, 0.25) is 5.91 Å². The van der Waals surface area contributed by atoms with E-state index in [1.54, 1.807) is 18.2 Å². The molecule has 1 aliphatic rings. The van der Waals surface area contributed by atoms with Gasteiger partial charge < -0.3 is 11.1 Å². The number of nitrogens with one attached hydrogen (secondary N) is 2. The summed E-state index contributed by atoms with van der Waals surface area (Å²) >= 11 is 0. The van der Waals surface area contributed by atoms with Crippen molar-refractivity contribution in [2.45, 2.75) is 6.42 Å². The third-order valence-electron chi connectivity index (χ3n) is 1.73. The molecule has 11 heavy (non-hydrogen) atoms. The Hall–Kier alpha value is -1.51. The first kappa shape index (κ1) is 6.22. The molecule has 0 unspecified atom stereocenters. The maximum Gasteiger partial charge on any atom is 0.228 e. The first-order valence-electron chi connectivity index (χ1n) is 3.40. The van der Waals surface area contributed by atoms with E-state index < -0.39 is 0 Å². The quantitative estimate of drug-likeness (QED) is 0.586. The number of fused-ring (bicyclic) bond motifs is 1. The Bertz CT molecular complexity index is 320. The molecular formula is C8H7N2O. The van der Waals surface area contributed by atoms with E-state index in [-0.39, 0.29) is 5.91 Å². The smallest absolute Gasteiger partial charge is 0.228 e. The Balaban J connectivity index is 2.51. The zero-order chi connectivity index (χ0) is 7.84. The minimum absolute atomic E-state index is 0.0191. The molecule has 2 rings (SSSR count). The van der Waals surface area contributed by atoms with E-state index in [2.05, 4.69) is 5.32 Å². The molecule has 1 amide bonds. The molecule has 0 aromatic heterocycles. The number of carbonyl (C=O) groups excluding carboxylic acids is 1. The van der Waals surface area contributed by atoms with Crippen LogP contribution in [0.5, 0.6) is 0 Å². The van der Waals surface area contributed by atoms with Crippen LogP contribution in [0.15, 0.2) is 18.2 Å². The van der Waals surface area contributed by atoms with Crippen LogP contribution in [-0.4, -0.2) is 5.91 Å². The Morgan fingerprint density at radius 2 is 2.27 bits per heavy atom. The van der Waals surface area contributed by atoms with E-state index in [0.29, 0.717) is 12.1 Å². The van der Waals surface area contributed by atoms with Gasteiger partial charge in [-0.1, -0.05) is 0 Å². The standard InChI is InChI=1S/C8H7N2O/c9-6-1-2-7-5(3-6)4-8(11)10-7/h1-3,9H,4H2,(H,10,11). The highest BCUT2D eigenvalue weighted by Gasteiger charge is 2.16. The molecule has 0 bridgehead atoms. The first-order chi connectivity index (χ1) is 5.25. The number of hydrogen-bond acceptors (Lipinski definition) is 1. The minimum atomic E-state index is 0.0191. The largest absolute Gasteiger partial charge is 0.326 e. The van der Waals surface area contributed by atoms with E-state index >= 15 is 0 Å². The molecular weight excluding hydrogens is 140 g/mol. The van der Waals surface area contributed by atoms with Crippen molar-refractivity contribution in [3.8, 4) is 0 Å². The molecule has 3 heteroatoms. The number of amides is 1. The van der Waals surface area contributed by atoms with E-state index in [9.17, 15) is 4.79 Å². The normalized spacial score (nSPS) is 14.4. The average molecular weight is 147 g/mol. The second-order valence-electron chi connectivity index (χ2n) is 2.60. The van der Waals surface area contributed by atoms with E-state index in [1.165, 1.54) is 0 Å². The van der Waals surface area contributed by atoms with Crippen molar-refractivity contribution in [3.63, 3.8) is 0 Å². The van der Waals surface area contributed by atoms with Gasteiger partial charge in [0.05, 0.1) is 12.1 Å². The molecule has 1 aliphatic heterocycles. The highest BCUT2D eigenvalue weighted by atomic mass is 16.1. The summed E-state index contributed by atoms with van der Waals surface area (Å²) in [5.41, 5.74) is 9.53. The number of carbonyl (C=O) groups is 1. The van der Waals surface area contributed by atoms with Gasteiger partial charge in [0.1, 0.15) is 0 Å². The van der Waals surface area contributed by atoms with E-state index in [0.717, 1.165) is 11.3 Å². The minimum Gasteiger partial charge on any atom is -0.326 e. The van der Waals surface area contributed by atoms with Gasteiger partial charge in [-0.15, -0.1) is 0 Å². The first-order valence-corrected chi connectivity index (χ1v) is 3.40. The van der Waals surface area contributed by atoms with E-state index in [1.807, 2.05) is 0 Å². The van der Waals surface area contributed by atoms with Gasteiger partial charge in [-0.25, -0.2) is 0 Å². The van der Waals surface area contributed by atoms with Crippen molar-refractivity contribution in [2.24, 2.45) is 0 Å². The molecule has 1 aromatic carbocycles. The van der Waals surface area contributed by atoms with Gasteiger partial charge in [-0.05, 0) is 23.8 Å².